The van der Waals surface area contributed by atoms with E-state index in [1.54, 1.807) is 0 Å². The number of rotatable bonds is 3. The molecule has 0 aliphatic rings. The fourth-order valence-corrected chi connectivity index (χ4v) is 3.16. The van der Waals surface area contributed by atoms with E-state index < -0.39 is 0 Å². The first-order valence-corrected chi connectivity index (χ1v) is 7.99. The molecule has 1 nitrogen and oxygen atoms in total. The SMILES string of the molecule is Cc1cc(C)cc(-c2nccc3ccc(CC(C)C)cc23)c1. The van der Waals surface area contributed by atoms with E-state index in [0.717, 1.165) is 12.1 Å². The number of aromatic nitrogens is 1. The zero-order chi connectivity index (χ0) is 15.7. The van der Waals surface area contributed by atoms with Gasteiger partial charge in [0, 0.05) is 17.1 Å². The van der Waals surface area contributed by atoms with Crippen LogP contribution in [0, 0.1) is 19.8 Å². The van der Waals surface area contributed by atoms with Crippen LogP contribution in [-0.4, -0.2) is 4.98 Å². The van der Waals surface area contributed by atoms with Gasteiger partial charge in [0.25, 0.3) is 0 Å². The Morgan fingerprint density at radius 3 is 2.32 bits per heavy atom. The lowest BCUT2D eigenvalue weighted by atomic mass is 9.96. The van der Waals surface area contributed by atoms with E-state index in [4.69, 9.17) is 0 Å². The van der Waals surface area contributed by atoms with Crippen LogP contribution in [0.5, 0.6) is 0 Å². The van der Waals surface area contributed by atoms with Crippen molar-refractivity contribution in [3.05, 3.63) is 65.4 Å². The third-order valence-corrected chi connectivity index (χ3v) is 3.97. The number of hydrogen-bond acceptors (Lipinski definition) is 1. The largest absolute Gasteiger partial charge is 0.256 e. The zero-order valence-corrected chi connectivity index (χ0v) is 13.9. The highest BCUT2D eigenvalue weighted by atomic mass is 14.7. The Morgan fingerprint density at radius 2 is 1.64 bits per heavy atom. The predicted molar refractivity (Wildman–Crippen MR) is 95.2 cm³/mol. The van der Waals surface area contributed by atoms with Crippen molar-refractivity contribution < 1.29 is 0 Å². The molecular formula is C21H23N. The molecule has 3 rings (SSSR count). The Labute approximate surface area is 133 Å². The minimum atomic E-state index is 0.666. The molecule has 0 amide bonds. The van der Waals surface area contributed by atoms with Gasteiger partial charge in [-0.05, 0) is 61.4 Å². The summed E-state index contributed by atoms with van der Waals surface area (Å²) in [7, 11) is 0. The van der Waals surface area contributed by atoms with Crippen molar-refractivity contribution in [3.63, 3.8) is 0 Å². The van der Waals surface area contributed by atoms with Crippen LogP contribution in [0.4, 0.5) is 0 Å². The van der Waals surface area contributed by atoms with Gasteiger partial charge < -0.3 is 0 Å². The number of nitrogens with zero attached hydrogens (tertiary/aromatic N) is 1. The molecule has 0 aliphatic heterocycles. The lowest BCUT2D eigenvalue weighted by Gasteiger charge is -2.11. The summed E-state index contributed by atoms with van der Waals surface area (Å²) in [4.78, 5) is 4.68. The maximum absolute atomic E-state index is 4.68. The summed E-state index contributed by atoms with van der Waals surface area (Å²) in [5.74, 6) is 0.666. The third kappa shape index (κ3) is 3.04. The zero-order valence-electron chi connectivity index (χ0n) is 13.9. The molecule has 3 aromatic rings. The number of benzene rings is 2. The molecule has 1 aromatic heterocycles. The van der Waals surface area contributed by atoms with Crippen LogP contribution in [0.15, 0.2) is 48.7 Å². The predicted octanol–water partition coefficient (Wildman–Crippen LogP) is 5.72. The van der Waals surface area contributed by atoms with Crippen molar-refractivity contribution in [3.8, 4) is 11.3 Å². The Balaban J connectivity index is 2.19. The van der Waals surface area contributed by atoms with Crippen molar-refractivity contribution in [2.75, 3.05) is 0 Å². The van der Waals surface area contributed by atoms with Crippen molar-refractivity contribution >= 4 is 10.8 Å². The highest BCUT2D eigenvalue weighted by Crippen LogP contribution is 2.29. The number of aryl methyl sites for hydroxylation is 2. The second-order valence-electron chi connectivity index (χ2n) is 6.69. The summed E-state index contributed by atoms with van der Waals surface area (Å²) < 4.78 is 0. The van der Waals surface area contributed by atoms with Gasteiger partial charge in [-0.3, -0.25) is 4.98 Å². The van der Waals surface area contributed by atoms with E-state index in [9.17, 15) is 0 Å². The van der Waals surface area contributed by atoms with Crippen LogP contribution in [-0.2, 0) is 6.42 Å². The summed E-state index contributed by atoms with van der Waals surface area (Å²) >= 11 is 0. The van der Waals surface area contributed by atoms with E-state index in [0.29, 0.717) is 5.92 Å². The quantitative estimate of drug-likeness (QED) is 0.601. The average Bonchev–Trinajstić information content (AvgIpc) is 2.45. The van der Waals surface area contributed by atoms with Gasteiger partial charge in [0.1, 0.15) is 0 Å². The van der Waals surface area contributed by atoms with Crippen molar-refractivity contribution in [1.82, 2.24) is 4.98 Å². The summed E-state index contributed by atoms with van der Waals surface area (Å²) in [6.07, 6.45) is 3.02. The average molecular weight is 289 g/mol. The molecule has 112 valence electrons. The molecule has 0 spiro atoms. The highest BCUT2D eigenvalue weighted by Gasteiger charge is 2.08. The van der Waals surface area contributed by atoms with Gasteiger partial charge in [-0.1, -0.05) is 43.2 Å². The summed E-state index contributed by atoms with van der Waals surface area (Å²) in [6.45, 7) is 8.81. The van der Waals surface area contributed by atoms with Crippen molar-refractivity contribution in [2.24, 2.45) is 5.92 Å². The highest BCUT2D eigenvalue weighted by molar-refractivity contribution is 5.95. The van der Waals surface area contributed by atoms with E-state index in [1.807, 2.05) is 6.20 Å². The molecule has 0 radical (unpaired) electrons. The molecule has 0 aliphatic carbocycles. The van der Waals surface area contributed by atoms with E-state index in [-0.39, 0.29) is 0 Å². The number of fused-ring (bicyclic) bond motifs is 1. The molecule has 0 bridgehead atoms. The third-order valence-electron chi connectivity index (χ3n) is 3.97. The Bertz CT molecular complexity index is 795. The fraction of sp³-hybridized carbons (Fsp3) is 0.286. The summed E-state index contributed by atoms with van der Waals surface area (Å²) in [5, 5.41) is 2.52. The molecular weight excluding hydrogens is 266 g/mol. The standard InChI is InChI=1S/C21H23N/c1-14(2)9-17-5-6-18-7-8-22-21(20(18)13-17)19-11-15(3)10-16(4)12-19/h5-8,10-14H,9H2,1-4H3. The first kappa shape index (κ1) is 14.8. The normalized spacial score (nSPS) is 11.3. The molecule has 1 heterocycles. The maximum Gasteiger partial charge on any atom is 0.0780 e. The van der Waals surface area contributed by atoms with Crippen molar-refractivity contribution in [1.29, 1.82) is 0 Å². The molecule has 0 unspecified atom stereocenters. The monoisotopic (exact) mass is 289 g/mol. The molecule has 0 N–H and O–H groups in total. The van der Waals surface area contributed by atoms with Gasteiger partial charge in [0.2, 0.25) is 0 Å². The molecule has 0 fully saturated rings. The Morgan fingerprint density at radius 1 is 0.909 bits per heavy atom. The Hall–Kier alpha value is -2.15. The van der Waals surface area contributed by atoms with Gasteiger partial charge in [0.05, 0.1) is 5.69 Å². The van der Waals surface area contributed by atoms with Gasteiger partial charge in [0.15, 0.2) is 0 Å². The van der Waals surface area contributed by atoms with Crippen LogP contribution in [0.25, 0.3) is 22.0 Å². The van der Waals surface area contributed by atoms with Crippen molar-refractivity contribution in [2.45, 2.75) is 34.1 Å². The van der Waals surface area contributed by atoms with Crippen LogP contribution in [0.2, 0.25) is 0 Å². The van der Waals surface area contributed by atoms with Gasteiger partial charge in [-0.25, -0.2) is 0 Å². The summed E-state index contributed by atoms with van der Waals surface area (Å²) in [6, 6.07) is 15.5. The molecule has 1 heteroatoms. The Kier molecular flexibility index (Phi) is 3.98. The van der Waals surface area contributed by atoms with Gasteiger partial charge in [-0.15, -0.1) is 0 Å². The number of hydrogen-bond donors (Lipinski definition) is 0. The second-order valence-corrected chi connectivity index (χ2v) is 6.69. The molecule has 0 atom stereocenters. The van der Waals surface area contributed by atoms with Crippen LogP contribution < -0.4 is 0 Å². The van der Waals surface area contributed by atoms with Crippen LogP contribution in [0.3, 0.4) is 0 Å². The van der Waals surface area contributed by atoms with E-state index >= 15 is 0 Å². The van der Waals surface area contributed by atoms with E-state index in [1.165, 1.54) is 33.0 Å². The van der Waals surface area contributed by atoms with E-state index in [2.05, 4.69) is 75.1 Å². The van der Waals surface area contributed by atoms with Gasteiger partial charge >= 0.3 is 0 Å². The molecule has 0 saturated carbocycles. The second kappa shape index (κ2) is 5.92. The summed E-state index contributed by atoms with van der Waals surface area (Å²) in [5.41, 5.74) is 6.26. The minimum absolute atomic E-state index is 0.666. The first-order valence-electron chi connectivity index (χ1n) is 7.99. The molecule has 2 aromatic carbocycles. The number of pyridine rings is 1. The van der Waals surface area contributed by atoms with Gasteiger partial charge in [-0.2, -0.15) is 0 Å². The topological polar surface area (TPSA) is 12.9 Å². The molecule has 0 saturated heterocycles. The lowest BCUT2D eigenvalue weighted by Crippen LogP contribution is -1.95. The smallest absolute Gasteiger partial charge is 0.0780 e. The minimum Gasteiger partial charge on any atom is -0.256 e. The molecule has 22 heavy (non-hydrogen) atoms. The maximum atomic E-state index is 4.68. The van der Waals surface area contributed by atoms with Crippen LogP contribution >= 0.6 is 0 Å². The first-order chi connectivity index (χ1) is 10.5. The lowest BCUT2D eigenvalue weighted by molar-refractivity contribution is 0.648. The fourth-order valence-electron chi connectivity index (χ4n) is 3.16. The van der Waals surface area contributed by atoms with Crippen LogP contribution in [0.1, 0.15) is 30.5 Å².